The smallest absolute Gasteiger partial charge is 0.0548 e. The molecule has 0 saturated carbocycles. The van der Waals surface area contributed by atoms with Crippen molar-refractivity contribution in [2.75, 3.05) is 0 Å². The van der Waals surface area contributed by atoms with Gasteiger partial charge in [0.25, 0.3) is 0 Å². The van der Waals surface area contributed by atoms with Gasteiger partial charge in [-0.05, 0) is 64.7 Å². The van der Waals surface area contributed by atoms with Gasteiger partial charge in [0.2, 0.25) is 0 Å². The van der Waals surface area contributed by atoms with Crippen molar-refractivity contribution in [1.29, 1.82) is 0 Å². The number of para-hydroxylation sites is 1. The summed E-state index contributed by atoms with van der Waals surface area (Å²) >= 11 is 3.77. The van der Waals surface area contributed by atoms with Crippen molar-refractivity contribution >= 4 is 84.8 Å². The van der Waals surface area contributed by atoms with E-state index in [0.29, 0.717) is 0 Å². The molecular weight excluding hydrogens is 583 g/mol. The number of rotatable bonds is 3. The lowest BCUT2D eigenvalue weighted by Gasteiger charge is -2.10. The fourth-order valence-corrected chi connectivity index (χ4v) is 9.52. The zero-order valence-electron chi connectivity index (χ0n) is 24.2. The van der Waals surface area contributed by atoms with Crippen molar-refractivity contribution in [1.82, 2.24) is 4.57 Å². The maximum atomic E-state index is 2.43. The van der Waals surface area contributed by atoms with Gasteiger partial charge in [-0.3, -0.25) is 0 Å². The molecule has 0 atom stereocenters. The van der Waals surface area contributed by atoms with Crippen molar-refractivity contribution in [2.45, 2.75) is 0 Å². The van der Waals surface area contributed by atoms with Crippen molar-refractivity contribution < 1.29 is 0 Å². The van der Waals surface area contributed by atoms with Crippen LogP contribution < -0.4 is 0 Å². The first-order chi connectivity index (χ1) is 22.3. The Bertz CT molecular complexity index is 2740. The van der Waals surface area contributed by atoms with Gasteiger partial charge in [-0.25, -0.2) is 0 Å². The molecule has 0 radical (unpaired) electrons. The van der Waals surface area contributed by atoms with Crippen LogP contribution in [-0.4, -0.2) is 4.57 Å². The van der Waals surface area contributed by atoms with E-state index in [1.54, 1.807) is 0 Å². The Balaban J connectivity index is 1.06. The van der Waals surface area contributed by atoms with Crippen LogP contribution in [0.3, 0.4) is 0 Å². The summed E-state index contributed by atoms with van der Waals surface area (Å²) in [5.41, 5.74) is 8.67. The first kappa shape index (κ1) is 25.1. The maximum Gasteiger partial charge on any atom is 0.0548 e. The standard InChI is InChI=1S/C42H25NS2/c1-4-13-35-33(9-1)40-36(24-25-39-41(40)34-10-3-6-15-38(34)44-39)43(35)29-22-20-27(21-23-29)26-16-18-28(19-17-26)30-11-7-12-32-31-8-2-5-14-37(31)45-42(30)32/h1-25H. The summed E-state index contributed by atoms with van der Waals surface area (Å²) in [5, 5.41) is 8.03. The van der Waals surface area contributed by atoms with Crippen molar-refractivity contribution in [3.05, 3.63) is 152 Å². The Hall–Kier alpha value is -5.22. The van der Waals surface area contributed by atoms with Crippen LogP contribution in [0.15, 0.2) is 152 Å². The maximum absolute atomic E-state index is 2.43. The summed E-state index contributed by atoms with van der Waals surface area (Å²) in [4.78, 5) is 0. The van der Waals surface area contributed by atoms with E-state index < -0.39 is 0 Å². The Labute approximate surface area is 267 Å². The molecule has 3 heteroatoms. The van der Waals surface area contributed by atoms with Crippen LogP contribution in [0.2, 0.25) is 0 Å². The summed E-state index contributed by atoms with van der Waals surface area (Å²) in [5.74, 6) is 0. The molecule has 0 aliphatic heterocycles. The highest BCUT2D eigenvalue weighted by molar-refractivity contribution is 7.26. The minimum Gasteiger partial charge on any atom is -0.309 e. The minimum atomic E-state index is 1.18. The van der Waals surface area contributed by atoms with Crippen LogP contribution in [-0.2, 0) is 0 Å². The van der Waals surface area contributed by atoms with E-state index in [1.165, 1.54) is 90.1 Å². The van der Waals surface area contributed by atoms with Gasteiger partial charge in [-0.1, -0.05) is 109 Å². The molecule has 3 aromatic heterocycles. The molecule has 1 nitrogen and oxygen atoms in total. The summed E-state index contributed by atoms with van der Waals surface area (Å²) in [7, 11) is 0. The second kappa shape index (κ2) is 9.64. The topological polar surface area (TPSA) is 4.93 Å². The third-order valence-electron chi connectivity index (χ3n) is 9.24. The van der Waals surface area contributed by atoms with Crippen LogP contribution in [0.5, 0.6) is 0 Å². The second-order valence-electron chi connectivity index (χ2n) is 11.7. The zero-order chi connectivity index (χ0) is 29.5. The van der Waals surface area contributed by atoms with Gasteiger partial charge in [-0.2, -0.15) is 0 Å². The largest absolute Gasteiger partial charge is 0.309 e. The van der Waals surface area contributed by atoms with E-state index in [4.69, 9.17) is 0 Å². The minimum absolute atomic E-state index is 1.18. The van der Waals surface area contributed by atoms with E-state index in [2.05, 4.69) is 156 Å². The van der Waals surface area contributed by atoms with E-state index in [1.807, 2.05) is 22.7 Å². The van der Waals surface area contributed by atoms with Crippen molar-refractivity contribution in [2.24, 2.45) is 0 Å². The van der Waals surface area contributed by atoms with E-state index >= 15 is 0 Å². The zero-order valence-corrected chi connectivity index (χ0v) is 25.8. The average Bonchev–Trinajstić information content (AvgIpc) is 3.78. The lowest BCUT2D eigenvalue weighted by Crippen LogP contribution is -1.93. The van der Waals surface area contributed by atoms with Crippen molar-refractivity contribution in [3.63, 3.8) is 0 Å². The molecule has 0 unspecified atom stereocenters. The average molecular weight is 608 g/mol. The number of benzene rings is 7. The summed E-state index contributed by atoms with van der Waals surface area (Å²) < 4.78 is 7.80. The molecule has 10 rings (SSSR count). The number of aromatic nitrogens is 1. The molecule has 45 heavy (non-hydrogen) atoms. The molecule has 0 bridgehead atoms. The highest BCUT2D eigenvalue weighted by Crippen LogP contribution is 2.44. The van der Waals surface area contributed by atoms with Crippen LogP contribution in [0, 0.1) is 0 Å². The molecule has 210 valence electrons. The molecule has 3 heterocycles. The SMILES string of the molecule is c1ccc2c(c1)sc1c(-c3ccc(-c4ccc(-n5c6ccccc6c6c7c(ccc65)sc5ccccc57)cc4)cc3)cccc12. The molecule has 0 spiro atoms. The summed E-state index contributed by atoms with van der Waals surface area (Å²) in [6.45, 7) is 0. The molecule has 0 fully saturated rings. The van der Waals surface area contributed by atoms with Gasteiger partial charge in [0, 0.05) is 56.8 Å². The van der Waals surface area contributed by atoms with Gasteiger partial charge in [0.05, 0.1) is 11.0 Å². The normalized spacial score (nSPS) is 12.0. The molecule has 0 aliphatic carbocycles. The quantitative estimate of drug-likeness (QED) is 0.188. The highest BCUT2D eigenvalue weighted by atomic mass is 32.1. The molecule has 0 amide bonds. The first-order valence-corrected chi connectivity index (χ1v) is 16.9. The predicted molar refractivity (Wildman–Crippen MR) is 197 cm³/mol. The van der Waals surface area contributed by atoms with Crippen molar-refractivity contribution in [3.8, 4) is 27.9 Å². The van der Waals surface area contributed by atoms with Crippen LogP contribution >= 0.6 is 22.7 Å². The fraction of sp³-hybridized carbons (Fsp3) is 0. The number of fused-ring (bicyclic) bond motifs is 10. The highest BCUT2D eigenvalue weighted by Gasteiger charge is 2.17. The molecule has 7 aromatic carbocycles. The second-order valence-corrected chi connectivity index (χ2v) is 13.8. The van der Waals surface area contributed by atoms with Crippen LogP contribution in [0.4, 0.5) is 0 Å². The lowest BCUT2D eigenvalue weighted by molar-refractivity contribution is 1.18. The number of hydrogen-bond acceptors (Lipinski definition) is 2. The Kier molecular flexibility index (Phi) is 5.39. The van der Waals surface area contributed by atoms with Gasteiger partial charge < -0.3 is 4.57 Å². The van der Waals surface area contributed by atoms with Gasteiger partial charge in [-0.15, -0.1) is 22.7 Å². The van der Waals surface area contributed by atoms with Gasteiger partial charge in [0.1, 0.15) is 0 Å². The van der Waals surface area contributed by atoms with E-state index in [0.717, 1.165) is 0 Å². The monoisotopic (exact) mass is 607 g/mol. The fourth-order valence-electron chi connectivity index (χ4n) is 7.17. The first-order valence-electron chi connectivity index (χ1n) is 15.3. The van der Waals surface area contributed by atoms with Crippen LogP contribution in [0.25, 0.3) is 90.1 Å². The van der Waals surface area contributed by atoms with Crippen LogP contribution in [0.1, 0.15) is 0 Å². The van der Waals surface area contributed by atoms with Gasteiger partial charge >= 0.3 is 0 Å². The molecule has 0 saturated heterocycles. The molecular formula is C42H25NS2. The number of hydrogen-bond donors (Lipinski definition) is 0. The summed E-state index contributed by atoms with van der Waals surface area (Å²) in [6, 6.07) is 55.7. The Morgan fingerprint density at radius 2 is 0.978 bits per heavy atom. The Morgan fingerprint density at radius 3 is 1.78 bits per heavy atom. The number of thiophene rings is 2. The molecule has 0 aliphatic rings. The van der Waals surface area contributed by atoms with E-state index in [9.17, 15) is 0 Å². The lowest BCUT2D eigenvalue weighted by atomic mass is 9.99. The van der Waals surface area contributed by atoms with E-state index in [-0.39, 0.29) is 0 Å². The Morgan fingerprint density at radius 1 is 0.356 bits per heavy atom. The molecule has 0 N–H and O–H groups in total. The molecule has 10 aromatic rings. The summed E-state index contributed by atoms with van der Waals surface area (Å²) in [6.07, 6.45) is 0. The predicted octanol–water partition coefficient (Wildman–Crippen LogP) is 12.9. The van der Waals surface area contributed by atoms with Gasteiger partial charge in [0.15, 0.2) is 0 Å². The number of nitrogens with zero attached hydrogens (tertiary/aromatic N) is 1. The third-order valence-corrected chi connectivity index (χ3v) is 11.6. The third kappa shape index (κ3) is 3.72.